The number of anilines is 1. The van der Waals surface area contributed by atoms with E-state index < -0.39 is 0 Å². The fourth-order valence-corrected chi connectivity index (χ4v) is 1.93. The number of nitrogens with one attached hydrogen (secondary N) is 1. The number of hydrogen-bond donors (Lipinski definition) is 2. The van der Waals surface area contributed by atoms with Crippen molar-refractivity contribution in [2.45, 2.75) is 24.7 Å². The van der Waals surface area contributed by atoms with E-state index in [0.29, 0.717) is 12.8 Å². The molecule has 1 aromatic rings. The Morgan fingerprint density at radius 1 is 1.38 bits per heavy atom. The van der Waals surface area contributed by atoms with Crippen LogP contribution in [0.15, 0.2) is 29.2 Å². The molecule has 0 radical (unpaired) electrons. The molecule has 4 heteroatoms. The first kappa shape index (κ1) is 13.1. The summed E-state index contributed by atoms with van der Waals surface area (Å²) >= 11 is 1.77. The van der Waals surface area contributed by atoms with E-state index >= 15 is 0 Å². The molecule has 0 aliphatic carbocycles. The summed E-state index contributed by atoms with van der Waals surface area (Å²) < 4.78 is 0. The Balaban J connectivity index is 2.45. The number of hydrogen-bond acceptors (Lipinski definition) is 3. The highest BCUT2D eigenvalue weighted by molar-refractivity contribution is 7.99. The van der Waals surface area contributed by atoms with Crippen molar-refractivity contribution in [3.05, 3.63) is 24.3 Å². The molecule has 1 aromatic carbocycles. The minimum absolute atomic E-state index is 0.0510. The van der Waals surface area contributed by atoms with Gasteiger partial charge in [-0.1, -0.05) is 6.92 Å². The maximum Gasteiger partial charge on any atom is 0.224 e. The normalized spacial score (nSPS) is 10.1. The second kappa shape index (κ2) is 7.30. The molecule has 0 aromatic heterocycles. The largest absolute Gasteiger partial charge is 0.396 e. The van der Waals surface area contributed by atoms with Crippen LogP contribution in [0.3, 0.4) is 0 Å². The standard InChI is InChI=1S/C12H17NO2S/c1-2-16-11-7-5-10(6-8-11)13-12(15)4-3-9-14/h5-8,14H,2-4,9H2,1H3,(H,13,15). The van der Waals surface area contributed by atoms with Crippen molar-refractivity contribution in [1.29, 1.82) is 0 Å². The van der Waals surface area contributed by atoms with Gasteiger partial charge in [-0.15, -0.1) is 11.8 Å². The first-order valence-corrected chi connectivity index (χ1v) is 6.38. The minimum atomic E-state index is -0.0510. The van der Waals surface area contributed by atoms with Gasteiger partial charge in [-0.25, -0.2) is 0 Å². The molecule has 0 aliphatic heterocycles. The molecule has 0 unspecified atom stereocenters. The molecule has 1 amide bonds. The smallest absolute Gasteiger partial charge is 0.224 e. The van der Waals surface area contributed by atoms with Gasteiger partial charge in [0.2, 0.25) is 5.91 Å². The molecule has 0 aliphatic rings. The number of thioether (sulfide) groups is 1. The number of rotatable bonds is 6. The van der Waals surface area contributed by atoms with Crippen LogP contribution < -0.4 is 5.32 Å². The zero-order valence-corrected chi connectivity index (χ0v) is 10.2. The molecule has 1 rings (SSSR count). The molecule has 0 spiro atoms. The summed E-state index contributed by atoms with van der Waals surface area (Å²) in [6.07, 6.45) is 0.873. The van der Waals surface area contributed by atoms with Crippen molar-refractivity contribution in [2.75, 3.05) is 17.7 Å². The second-order valence-corrected chi connectivity index (χ2v) is 4.67. The Kier molecular flexibility index (Phi) is 5.96. The summed E-state index contributed by atoms with van der Waals surface area (Å²) in [4.78, 5) is 12.6. The molecule has 0 saturated heterocycles. The van der Waals surface area contributed by atoms with E-state index in [2.05, 4.69) is 12.2 Å². The van der Waals surface area contributed by atoms with E-state index in [1.807, 2.05) is 24.3 Å². The second-order valence-electron chi connectivity index (χ2n) is 3.33. The number of carbonyl (C=O) groups is 1. The Labute approximate surface area is 100 Å². The Morgan fingerprint density at radius 2 is 2.06 bits per heavy atom. The van der Waals surface area contributed by atoms with Crippen LogP contribution in [0.25, 0.3) is 0 Å². The molecule has 2 N–H and O–H groups in total. The lowest BCUT2D eigenvalue weighted by molar-refractivity contribution is -0.116. The summed E-state index contributed by atoms with van der Waals surface area (Å²) in [6.45, 7) is 2.16. The molecule has 0 atom stereocenters. The van der Waals surface area contributed by atoms with Gasteiger partial charge in [0.25, 0.3) is 0 Å². The van der Waals surface area contributed by atoms with E-state index in [1.54, 1.807) is 11.8 Å². The quantitative estimate of drug-likeness (QED) is 0.750. The molecule has 3 nitrogen and oxygen atoms in total. The van der Waals surface area contributed by atoms with Crippen LogP contribution in [-0.4, -0.2) is 23.4 Å². The average Bonchev–Trinajstić information content (AvgIpc) is 2.29. The highest BCUT2D eigenvalue weighted by Crippen LogP contribution is 2.19. The summed E-state index contributed by atoms with van der Waals surface area (Å²) in [5, 5.41) is 11.4. The first-order chi connectivity index (χ1) is 7.76. The van der Waals surface area contributed by atoms with Gasteiger partial charge in [0.05, 0.1) is 0 Å². The van der Waals surface area contributed by atoms with Crippen molar-refractivity contribution in [2.24, 2.45) is 0 Å². The van der Waals surface area contributed by atoms with Crippen molar-refractivity contribution >= 4 is 23.4 Å². The third-order valence-corrected chi connectivity index (χ3v) is 2.91. The molecule has 16 heavy (non-hydrogen) atoms. The van der Waals surface area contributed by atoms with Crippen molar-refractivity contribution < 1.29 is 9.90 Å². The van der Waals surface area contributed by atoms with Crippen LogP contribution in [0.4, 0.5) is 5.69 Å². The van der Waals surface area contributed by atoms with Crippen molar-refractivity contribution in [1.82, 2.24) is 0 Å². The predicted octanol–water partition coefficient (Wildman–Crippen LogP) is 2.51. The molecule has 0 bridgehead atoms. The predicted molar refractivity (Wildman–Crippen MR) is 67.8 cm³/mol. The summed E-state index contributed by atoms with van der Waals surface area (Å²) in [5.74, 6) is 0.993. The summed E-state index contributed by atoms with van der Waals surface area (Å²) in [5.41, 5.74) is 0.809. The number of carbonyl (C=O) groups excluding carboxylic acids is 1. The van der Waals surface area contributed by atoms with Gasteiger partial charge in [-0.05, 0) is 36.4 Å². The van der Waals surface area contributed by atoms with Crippen LogP contribution in [0.5, 0.6) is 0 Å². The highest BCUT2D eigenvalue weighted by Gasteiger charge is 2.01. The van der Waals surface area contributed by atoms with Crippen LogP contribution in [0.1, 0.15) is 19.8 Å². The Morgan fingerprint density at radius 3 is 2.62 bits per heavy atom. The van der Waals surface area contributed by atoms with E-state index in [1.165, 1.54) is 4.90 Å². The van der Waals surface area contributed by atoms with Crippen molar-refractivity contribution in [3.63, 3.8) is 0 Å². The average molecular weight is 239 g/mol. The maximum atomic E-state index is 11.4. The van der Waals surface area contributed by atoms with Gasteiger partial charge >= 0.3 is 0 Å². The molecule has 0 heterocycles. The number of amides is 1. The van der Waals surface area contributed by atoms with Gasteiger partial charge in [0, 0.05) is 23.6 Å². The first-order valence-electron chi connectivity index (χ1n) is 5.40. The van der Waals surface area contributed by atoms with Gasteiger partial charge in [-0.3, -0.25) is 4.79 Å². The van der Waals surface area contributed by atoms with E-state index in [0.717, 1.165) is 11.4 Å². The number of aliphatic hydroxyl groups excluding tert-OH is 1. The fourth-order valence-electron chi connectivity index (χ4n) is 1.26. The lowest BCUT2D eigenvalue weighted by Crippen LogP contribution is -2.11. The van der Waals surface area contributed by atoms with Crippen LogP contribution >= 0.6 is 11.8 Å². The zero-order valence-electron chi connectivity index (χ0n) is 9.40. The molecule has 0 fully saturated rings. The fraction of sp³-hybridized carbons (Fsp3) is 0.417. The lowest BCUT2D eigenvalue weighted by atomic mass is 10.3. The number of benzene rings is 1. The molecule has 88 valence electrons. The minimum Gasteiger partial charge on any atom is -0.396 e. The third-order valence-electron chi connectivity index (χ3n) is 2.01. The Hall–Kier alpha value is -1.00. The van der Waals surface area contributed by atoms with Crippen molar-refractivity contribution in [3.8, 4) is 0 Å². The Bertz CT molecular complexity index is 324. The van der Waals surface area contributed by atoms with E-state index in [9.17, 15) is 4.79 Å². The van der Waals surface area contributed by atoms with Gasteiger partial charge in [-0.2, -0.15) is 0 Å². The van der Waals surface area contributed by atoms with Crippen LogP contribution in [-0.2, 0) is 4.79 Å². The summed E-state index contributed by atoms with van der Waals surface area (Å²) in [6, 6.07) is 7.79. The lowest BCUT2D eigenvalue weighted by Gasteiger charge is -2.05. The van der Waals surface area contributed by atoms with Gasteiger partial charge in [0.15, 0.2) is 0 Å². The third kappa shape index (κ3) is 4.68. The van der Waals surface area contributed by atoms with Crippen LogP contribution in [0.2, 0.25) is 0 Å². The van der Waals surface area contributed by atoms with Crippen LogP contribution in [0, 0.1) is 0 Å². The van der Waals surface area contributed by atoms with E-state index in [-0.39, 0.29) is 12.5 Å². The SMILES string of the molecule is CCSc1ccc(NC(=O)CCCO)cc1. The monoisotopic (exact) mass is 239 g/mol. The van der Waals surface area contributed by atoms with E-state index in [4.69, 9.17) is 5.11 Å². The highest BCUT2D eigenvalue weighted by atomic mass is 32.2. The maximum absolute atomic E-state index is 11.4. The topological polar surface area (TPSA) is 49.3 Å². The molecule has 0 saturated carbocycles. The number of aliphatic hydroxyl groups is 1. The molecular formula is C12H17NO2S. The summed E-state index contributed by atoms with van der Waals surface area (Å²) in [7, 11) is 0. The molecular weight excluding hydrogens is 222 g/mol. The van der Waals surface area contributed by atoms with Gasteiger partial charge in [0.1, 0.15) is 0 Å². The zero-order chi connectivity index (χ0) is 11.8. The van der Waals surface area contributed by atoms with Gasteiger partial charge < -0.3 is 10.4 Å².